The van der Waals surface area contributed by atoms with Crippen molar-refractivity contribution in [2.75, 3.05) is 6.61 Å². The van der Waals surface area contributed by atoms with Crippen LogP contribution in [0.25, 0.3) is 0 Å². The molecule has 2 nitrogen and oxygen atoms in total. The maximum absolute atomic E-state index is 5.78. The van der Waals surface area contributed by atoms with E-state index < -0.39 is 0 Å². The van der Waals surface area contributed by atoms with Crippen molar-refractivity contribution in [2.45, 2.75) is 58.4 Å². The molecule has 1 aromatic carbocycles. The van der Waals surface area contributed by atoms with Gasteiger partial charge < -0.3 is 10.5 Å². The molecule has 0 heterocycles. The standard InChI is InChI=1S/C16H27NO/c1-13(17)8-5-6-11-18-15-10-7-9-14(12-15)16(2,3)4/h7,9-10,12-13H,5-6,8,11,17H2,1-4H3. The largest absolute Gasteiger partial charge is 0.494 e. The average molecular weight is 249 g/mol. The average Bonchev–Trinajstić information content (AvgIpc) is 2.27. The van der Waals surface area contributed by atoms with Gasteiger partial charge in [0.2, 0.25) is 0 Å². The summed E-state index contributed by atoms with van der Waals surface area (Å²) in [7, 11) is 0. The summed E-state index contributed by atoms with van der Waals surface area (Å²) in [5.41, 5.74) is 7.20. The van der Waals surface area contributed by atoms with Crippen molar-refractivity contribution in [3.8, 4) is 5.75 Å². The summed E-state index contributed by atoms with van der Waals surface area (Å²) in [6.07, 6.45) is 3.28. The fraction of sp³-hybridized carbons (Fsp3) is 0.625. The number of benzene rings is 1. The first kappa shape index (κ1) is 15.0. The summed E-state index contributed by atoms with van der Waals surface area (Å²) < 4.78 is 5.78. The van der Waals surface area contributed by atoms with Crippen LogP contribution in [0.15, 0.2) is 24.3 Å². The maximum atomic E-state index is 5.78. The molecule has 0 amide bonds. The molecule has 0 fully saturated rings. The van der Waals surface area contributed by atoms with Gasteiger partial charge in [0, 0.05) is 6.04 Å². The van der Waals surface area contributed by atoms with Gasteiger partial charge in [-0.05, 0) is 49.3 Å². The van der Waals surface area contributed by atoms with E-state index in [0.717, 1.165) is 31.6 Å². The van der Waals surface area contributed by atoms with Gasteiger partial charge in [-0.15, -0.1) is 0 Å². The molecule has 1 aromatic rings. The molecule has 0 bridgehead atoms. The van der Waals surface area contributed by atoms with Crippen LogP contribution in [-0.2, 0) is 5.41 Å². The molecular weight excluding hydrogens is 222 g/mol. The lowest BCUT2D eigenvalue weighted by Crippen LogP contribution is -2.14. The first-order chi connectivity index (χ1) is 8.39. The topological polar surface area (TPSA) is 35.2 Å². The minimum absolute atomic E-state index is 0.175. The minimum atomic E-state index is 0.175. The number of hydrogen-bond donors (Lipinski definition) is 1. The summed E-state index contributed by atoms with van der Waals surface area (Å²) in [6.45, 7) is 9.48. The molecule has 1 rings (SSSR count). The number of ether oxygens (including phenoxy) is 1. The third-order valence-corrected chi connectivity index (χ3v) is 3.02. The molecule has 0 spiro atoms. The van der Waals surface area contributed by atoms with Crippen molar-refractivity contribution in [1.82, 2.24) is 0 Å². The zero-order valence-electron chi connectivity index (χ0n) is 12.2. The third-order valence-electron chi connectivity index (χ3n) is 3.02. The van der Waals surface area contributed by atoms with Crippen molar-refractivity contribution >= 4 is 0 Å². The highest BCUT2D eigenvalue weighted by molar-refractivity contribution is 5.32. The smallest absolute Gasteiger partial charge is 0.119 e. The monoisotopic (exact) mass is 249 g/mol. The van der Waals surface area contributed by atoms with Crippen molar-refractivity contribution in [3.63, 3.8) is 0 Å². The normalized spacial score (nSPS) is 13.4. The highest BCUT2D eigenvalue weighted by Gasteiger charge is 2.13. The highest BCUT2D eigenvalue weighted by atomic mass is 16.5. The molecule has 1 atom stereocenters. The number of hydrogen-bond acceptors (Lipinski definition) is 2. The number of unbranched alkanes of at least 4 members (excludes halogenated alkanes) is 1. The zero-order valence-corrected chi connectivity index (χ0v) is 12.2. The Morgan fingerprint density at radius 1 is 1.22 bits per heavy atom. The Hall–Kier alpha value is -1.02. The lowest BCUT2D eigenvalue weighted by atomic mass is 9.87. The quantitative estimate of drug-likeness (QED) is 0.776. The lowest BCUT2D eigenvalue weighted by Gasteiger charge is -2.19. The van der Waals surface area contributed by atoms with Crippen molar-refractivity contribution in [1.29, 1.82) is 0 Å². The van der Waals surface area contributed by atoms with Crippen molar-refractivity contribution < 1.29 is 4.74 Å². The molecule has 0 aromatic heterocycles. The van der Waals surface area contributed by atoms with Crippen LogP contribution in [0.4, 0.5) is 0 Å². The van der Waals surface area contributed by atoms with E-state index in [4.69, 9.17) is 10.5 Å². The SMILES string of the molecule is CC(N)CCCCOc1cccc(C(C)(C)C)c1. The Balaban J connectivity index is 2.39. The van der Waals surface area contributed by atoms with Crippen LogP contribution in [0, 0.1) is 0 Å². The van der Waals surface area contributed by atoms with E-state index in [1.54, 1.807) is 0 Å². The Labute approximate surface area is 112 Å². The molecule has 0 saturated carbocycles. The van der Waals surface area contributed by atoms with Gasteiger partial charge in [0.15, 0.2) is 0 Å². The highest BCUT2D eigenvalue weighted by Crippen LogP contribution is 2.25. The van der Waals surface area contributed by atoms with Gasteiger partial charge in [-0.1, -0.05) is 32.9 Å². The molecule has 1 unspecified atom stereocenters. The molecule has 102 valence electrons. The van der Waals surface area contributed by atoms with E-state index >= 15 is 0 Å². The van der Waals surface area contributed by atoms with Gasteiger partial charge in [-0.25, -0.2) is 0 Å². The summed E-state index contributed by atoms with van der Waals surface area (Å²) in [4.78, 5) is 0. The van der Waals surface area contributed by atoms with Gasteiger partial charge >= 0.3 is 0 Å². The van der Waals surface area contributed by atoms with Gasteiger partial charge in [0.25, 0.3) is 0 Å². The molecule has 0 aliphatic carbocycles. The fourth-order valence-corrected chi connectivity index (χ4v) is 1.81. The fourth-order valence-electron chi connectivity index (χ4n) is 1.81. The molecular formula is C16H27NO. The van der Waals surface area contributed by atoms with E-state index in [9.17, 15) is 0 Å². The van der Waals surface area contributed by atoms with Gasteiger partial charge in [0.05, 0.1) is 6.61 Å². The first-order valence-corrected chi connectivity index (χ1v) is 6.88. The molecule has 0 radical (unpaired) electrons. The molecule has 2 N–H and O–H groups in total. The molecule has 0 aliphatic rings. The number of nitrogens with two attached hydrogens (primary N) is 1. The van der Waals surface area contributed by atoms with Crippen LogP contribution in [0.3, 0.4) is 0 Å². The summed E-state index contributed by atoms with van der Waals surface area (Å²) in [6, 6.07) is 8.70. The maximum Gasteiger partial charge on any atom is 0.119 e. The van der Waals surface area contributed by atoms with E-state index in [1.807, 2.05) is 13.0 Å². The van der Waals surface area contributed by atoms with E-state index in [1.165, 1.54) is 5.56 Å². The summed E-state index contributed by atoms with van der Waals surface area (Å²) >= 11 is 0. The third kappa shape index (κ3) is 5.54. The second-order valence-corrected chi connectivity index (χ2v) is 6.10. The zero-order chi connectivity index (χ0) is 13.6. The number of rotatable bonds is 6. The van der Waals surface area contributed by atoms with Crippen molar-refractivity contribution in [2.24, 2.45) is 5.73 Å². The van der Waals surface area contributed by atoms with E-state index in [-0.39, 0.29) is 5.41 Å². The Morgan fingerprint density at radius 2 is 1.94 bits per heavy atom. The molecule has 0 aliphatic heterocycles. The minimum Gasteiger partial charge on any atom is -0.494 e. The van der Waals surface area contributed by atoms with Gasteiger partial charge in [-0.2, -0.15) is 0 Å². The van der Waals surface area contributed by atoms with E-state index in [0.29, 0.717) is 6.04 Å². The summed E-state index contributed by atoms with van der Waals surface area (Å²) in [5, 5.41) is 0. The van der Waals surface area contributed by atoms with Crippen LogP contribution < -0.4 is 10.5 Å². The van der Waals surface area contributed by atoms with Crippen LogP contribution in [0.2, 0.25) is 0 Å². The Bertz CT molecular complexity index is 352. The van der Waals surface area contributed by atoms with Crippen LogP contribution >= 0.6 is 0 Å². The van der Waals surface area contributed by atoms with Gasteiger partial charge in [0.1, 0.15) is 5.75 Å². The van der Waals surface area contributed by atoms with Crippen molar-refractivity contribution in [3.05, 3.63) is 29.8 Å². The Morgan fingerprint density at radius 3 is 2.56 bits per heavy atom. The first-order valence-electron chi connectivity index (χ1n) is 6.88. The van der Waals surface area contributed by atoms with Gasteiger partial charge in [-0.3, -0.25) is 0 Å². The summed E-state index contributed by atoms with van der Waals surface area (Å²) in [5.74, 6) is 0.975. The molecule has 18 heavy (non-hydrogen) atoms. The second kappa shape index (κ2) is 6.79. The second-order valence-electron chi connectivity index (χ2n) is 6.10. The van der Waals surface area contributed by atoms with E-state index in [2.05, 4.69) is 39.0 Å². The Kier molecular flexibility index (Phi) is 5.67. The molecule has 2 heteroatoms. The van der Waals surface area contributed by atoms with Crippen LogP contribution in [-0.4, -0.2) is 12.6 Å². The van der Waals surface area contributed by atoms with Crippen LogP contribution in [0.5, 0.6) is 5.75 Å². The lowest BCUT2D eigenvalue weighted by molar-refractivity contribution is 0.303. The predicted octanol–water partition coefficient (Wildman–Crippen LogP) is 3.88. The van der Waals surface area contributed by atoms with Crippen LogP contribution in [0.1, 0.15) is 52.5 Å². The predicted molar refractivity (Wildman–Crippen MR) is 78.1 cm³/mol. The molecule has 0 saturated heterocycles.